The molecule has 0 fully saturated rings. The highest BCUT2D eigenvalue weighted by molar-refractivity contribution is 7.99. The second-order valence-corrected chi connectivity index (χ2v) is 8.06. The maximum Gasteiger partial charge on any atom is 0.290 e. The molecule has 0 aliphatic rings. The summed E-state index contributed by atoms with van der Waals surface area (Å²) in [6.45, 7) is 4.18. The van der Waals surface area contributed by atoms with Gasteiger partial charge in [0.2, 0.25) is 0 Å². The predicted molar refractivity (Wildman–Crippen MR) is 114 cm³/mol. The summed E-state index contributed by atoms with van der Waals surface area (Å²) in [7, 11) is 1.56. The summed E-state index contributed by atoms with van der Waals surface area (Å²) < 4.78 is 34.6. The van der Waals surface area contributed by atoms with Gasteiger partial charge in [0.25, 0.3) is 11.8 Å². The first kappa shape index (κ1) is 22.6. The highest BCUT2D eigenvalue weighted by Gasteiger charge is 2.34. The molecule has 0 radical (unpaired) electrons. The summed E-state index contributed by atoms with van der Waals surface area (Å²) in [4.78, 5) is 17.6. The van der Waals surface area contributed by atoms with E-state index in [0.29, 0.717) is 11.3 Å². The van der Waals surface area contributed by atoms with E-state index in [4.69, 9.17) is 4.74 Å². The SMILES string of the molecule is COc1ccc(Sc2nnc(C)nc2C(=O)NCC(F)(F)c2ccc(C)cc2C)cc1. The van der Waals surface area contributed by atoms with Crippen LogP contribution in [0.2, 0.25) is 0 Å². The Labute approximate surface area is 183 Å². The van der Waals surface area contributed by atoms with E-state index in [-0.39, 0.29) is 22.1 Å². The minimum atomic E-state index is -3.23. The number of alkyl halides is 2. The summed E-state index contributed by atoms with van der Waals surface area (Å²) >= 11 is 1.16. The Kier molecular flexibility index (Phi) is 6.84. The van der Waals surface area contributed by atoms with Crippen molar-refractivity contribution in [2.45, 2.75) is 36.6 Å². The van der Waals surface area contributed by atoms with E-state index in [1.807, 2.05) is 6.92 Å². The van der Waals surface area contributed by atoms with E-state index in [1.165, 1.54) is 6.07 Å². The number of nitrogens with one attached hydrogen (secondary N) is 1. The molecule has 0 saturated carbocycles. The molecule has 1 aromatic heterocycles. The summed E-state index contributed by atoms with van der Waals surface area (Å²) in [6, 6.07) is 11.8. The zero-order valence-corrected chi connectivity index (χ0v) is 18.4. The number of carbonyl (C=O) groups excluding carboxylic acids is 1. The minimum Gasteiger partial charge on any atom is -0.497 e. The zero-order valence-electron chi connectivity index (χ0n) is 17.6. The number of nitrogens with zero attached hydrogens (tertiary/aromatic N) is 3. The van der Waals surface area contributed by atoms with Gasteiger partial charge in [0.05, 0.1) is 13.7 Å². The van der Waals surface area contributed by atoms with Gasteiger partial charge in [-0.05, 0) is 50.6 Å². The molecule has 2 aromatic carbocycles. The summed E-state index contributed by atoms with van der Waals surface area (Å²) in [5.74, 6) is -3.01. The Hall–Kier alpha value is -3.07. The molecule has 6 nitrogen and oxygen atoms in total. The van der Waals surface area contributed by atoms with Gasteiger partial charge < -0.3 is 10.1 Å². The molecule has 0 aliphatic heterocycles. The monoisotopic (exact) mass is 444 g/mol. The molecule has 0 saturated heterocycles. The fourth-order valence-electron chi connectivity index (χ4n) is 2.96. The van der Waals surface area contributed by atoms with E-state index in [0.717, 1.165) is 22.2 Å². The molecule has 0 atom stereocenters. The van der Waals surface area contributed by atoms with Crippen LogP contribution in [0.5, 0.6) is 5.75 Å². The Balaban J connectivity index is 1.78. The largest absolute Gasteiger partial charge is 0.497 e. The van der Waals surface area contributed by atoms with Gasteiger partial charge in [0.1, 0.15) is 11.6 Å². The molecule has 0 unspecified atom stereocenters. The highest BCUT2D eigenvalue weighted by Crippen LogP contribution is 2.31. The molecular formula is C22H22F2N4O2S. The van der Waals surface area contributed by atoms with E-state index in [2.05, 4.69) is 20.5 Å². The van der Waals surface area contributed by atoms with Crippen LogP contribution in [-0.2, 0) is 5.92 Å². The van der Waals surface area contributed by atoms with Crippen molar-refractivity contribution in [3.8, 4) is 5.75 Å². The number of methoxy groups -OCH3 is 1. The molecule has 0 spiro atoms. The molecule has 0 aliphatic carbocycles. The maximum absolute atomic E-state index is 14.7. The number of benzene rings is 2. The van der Waals surface area contributed by atoms with Crippen molar-refractivity contribution in [3.63, 3.8) is 0 Å². The smallest absolute Gasteiger partial charge is 0.290 e. The van der Waals surface area contributed by atoms with Crippen molar-refractivity contribution in [1.82, 2.24) is 20.5 Å². The second-order valence-electron chi connectivity index (χ2n) is 7.00. The fraction of sp³-hybridized carbons (Fsp3) is 0.273. The van der Waals surface area contributed by atoms with Gasteiger partial charge in [-0.2, -0.15) is 8.78 Å². The maximum atomic E-state index is 14.7. The van der Waals surface area contributed by atoms with Crippen LogP contribution in [0.4, 0.5) is 8.78 Å². The van der Waals surface area contributed by atoms with Gasteiger partial charge in [-0.3, -0.25) is 4.79 Å². The van der Waals surface area contributed by atoms with Gasteiger partial charge in [0, 0.05) is 10.5 Å². The number of aromatic nitrogens is 3. The van der Waals surface area contributed by atoms with E-state index in [9.17, 15) is 13.6 Å². The number of carbonyl (C=O) groups is 1. The first-order chi connectivity index (χ1) is 14.7. The summed E-state index contributed by atoms with van der Waals surface area (Å²) in [6.07, 6.45) is 0. The number of amides is 1. The quantitative estimate of drug-likeness (QED) is 0.579. The lowest BCUT2D eigenvalue weighted by atomic mass is 10.0. The van der Waals surface area contributed by atoms with Crippen molar-refractivity contribution in [2.24, 2.45) is 0 Å². The summed E-state index contributed by atoms with van der Waals surface area (Å²) in [5.41, 5.74) is 1.19. The van der Waals surface area contributed by atoms with E-state index >= 15 is 0 Å². The van der Waals surface area contributed by atoms with E-state index < -0.39 is 18.4 Å². The van der Waals surface area contributed by atoms with Crippen LogP contribution in [0.1, 0.15) is 33.0 Å². The normalized spacial score (nSPS) is 11.3. The average Bonchev–Trinajstić information content (AvgIpc) is 2.73. The Morgan fingerprint density at radius 3 is 2.45 bits per heavy atom. The first-order valence-corrected chi connectivity index (χ1v) is 10.3. The van der Waals surface area contributed by atoms with Crippen LogP contribution in [0, 0.1) is 20.8 Å². The third-order valence-electron chi connectivity index (χ3n) is 4.50. The number of hydrogen-bond donors (Lipinski definition) is 1. The lowest BCUT2D eigenvalue weighted by molar-refractivity contribution is -0.00316. The van der Waals surface area contributed by atoms with Crippen molar-refractivity contribution >= 4 is 17.7 Å². The molecule has 1 heterocycles. The minimum absolute atomic E-state index is 0.0512. The molecule has 162 valence electrons. The van der Waals surface area contributed by atoms with Gasteiger partial charge in [-0.1, -0.05) is 35.5 Å². The molecule has 1 amide bonds. The molecule has 0 bridgehead atoms. The van der Waals surface area contributed by atoms with Crippen molar-refractivity contribution in [2.75, 3.05) is 13.7 Å². The highest BCUT2D eigenvalue weighted by atomic mass is 32.2. The van der Waals surface area contributed by atoms with Crippen LogP contribution in [0.15, 0.2) is 52.4 Å². The Bertz CT molecular complexity index is 1090. The van der Waals surface area contributed by atoms with E-state index in [1.54, 1.807) is 57.4 Å². The molecular weight excluding hydrogens is 422 g/mol. The summed E-state index contributed by atoms with van der Waals surface area (Å²) in [5, 5.41) is 10.5. The van der Waals surface area contributed by atoms with Gasteiger partial charge in [-0.15, -0.1) is 10.2 Å². The van der Waals surface area contributed by atoms with Crippen LogP contribution < -0.4 is 10.1 Å². The third-order valence-corrected chi connectivity index (χ3v) is 5.47. The number of hydrogen-bond acceptors (Lipinski definition) is 6. The lowest BCUT2D eigenvalue weighted by Gasteiger charge is -2.20. The first-order valence-electron chi connectivity index (χ1n) is 9.46. The van der Waals surface area contributed by atoms with Crippen LogP contribution >= 0.6 is 11.8 Å². The number of rotatable bonds is 7. The topological polar surface area (TPSA) is 77.0 Å². The lowest BCUT2D eigenvalue weighted by Crippen LogP contribution is -2.36. The third kappa shape index (κ3) is 5.55. The predicted octanol–water partition coefficient (Wildman–Crippen LogP) is 4.48. The standard InChI is InChI=1S/C22H22F2N4O2S/c1-13-5-10-18(14(2)11-13)22(23,24)12-25-20(29)19-21(28-27-15(3)26-19)31-17-8-6-16(30-4)7-9-17/h5-11H,12H2,1-4H3,(H,25,29). The van der Waals surface area contributed by atoms with Crippen molar-refractivity contribution in [1.29, 1.82) is 0 Å². The number of ether oxygens (including phenoxy) is 1. The molecule has 3 aromatic rings. The molecule has 1 N–H and O–H groups in total. The van der Waals surface area contributed by atoms with Gasteiger partial charge >= 0.3 is 0 Å². The zero-order chi connectivity index (χ0) is 22.6. The Morgan fingerprint density at radius 1 is 1.10 bits per heavy atom. The van der Waals surface area contributed by atoms with Crippen LogP contribution in [0.25, 0.3) is 0 Å². The van der Waals surface area contributed by atoms with Crippen LogP contribution in [-0.4, -0.2) is 34.7 Å². The second kappa shape index (κ2) is 9.38. The van der Waals surface area contributed by atoms with Crippen LogP contribution in [0.3, 0.4) is 0 Å². The number of halogens is 2. The Morgan fingerprint density at radius 2 is 1.81 bits per heavy atom. The average molecular weight is 445 g/mol. The number of aryl methyl sites for hydroxylation is 3. The molecule has 9 heteroatoms. The molecule has 31 heavy (non-hydrogen) atoms. The fourth-order valence-corrected chi connectivity index (χ4v) is 3.78. The van der Waals surface area contributed by atoms with Gasteiger partial charge in [-0.25, -0.2) is 4.98 Å². The molecule has 3 rings (SSSR count). The van der Waals surface area contributed by atoms with Crippen molar-refractivity contribution < 1.29 is 18.3 Å². The van der Waals surface area contributed by atoms with Crippen molar-refractivity contribution in [3.05, 3.63) is 70.7 Å². The van der Waals surface area contributed by atoms with Gasteiger partial charge in [0.15, 0.2) is 10.7 Å².